The predicted molar refractivity (Wildman–Crippen MR) is 124 cm³/mol. The average Bonchev–Trinajstić information content (AvgIpc) is 2.67. The number of aliphatic imine (C=N–C) groups is 1. The fourth-order valence-electron chi connectivity index (χ4n) is 3.11. The first-order chi connectivity index (χ1) is 14.0. The smallest absolute Gasteiger partial charge is 0.356 e. The number of hydrogen-bond acceptors (Lipinski definition) is 4. The lowest BCUT2D eigenvalue weighted by Gasteiger charge is -2.31. The molecule has 0 aliphatic carbocycles. The van der Waals surface area contributed by atoms with E-state index < -0.39 is 15.5 Å². The second kappa shape index (κ2) is 11.9. The zero-order valence-electron chi connectivity index (χ0n) is 17.2. The van der Waals surface area contributed by atoms with Crippen LogP contribution in [-0.2, 0) is 21.4 Å². The molecule has 0 aromatic heterocycles. The van der Waals surface area contributed by atoms with E-state index in [9.17, 15) is 26.4 Å². The number of sulfonamides is 1. The Morgan fingerprint density at radius 2 is 1.87 bits per heavy atom. The van der Waals surface area contributed by atoms with E-state index in [2.05, 4.69) is 20.9 Å². The Kier molecular flexibility index (Phi) is 10.5. The number of hydrogen-bond donors (Lipinski definition) is 3. The summed E-state index contributed by atoms with van der Waals surface area (Å²) in [5.41, 5.74) is -3.65. The van der Waals surface area contributed by atoms with Crippen molar-refractivity contribution in [1.82, 2.24) is 14.9 Å². The van der Waals surface area contributed by atoms with Gasteiger partial charge in [-0.1, -0.05) is 12.1 Å². The quantitative estimate of drug-likeness (QED) is 0.274. The van der Waals surface area contributed by atoms with Crippen LogP contribution in [0, 0.1) is 5.92 Å². The van der Waals surface area contributed by atoms with Gasteiger partial charge in [0, 0.05) is 45.8 Å². The monoisotopic (exact) mass is 577 g/mol. The van der Waals surface area contributed by atoms with E-state index in [1.54, 1.807) is 13.1 Å². The van der Waals surface area contributed by atoms with Crippen LogP contribution >= 0.6 is 24.0 Å². The molecule has 1 aromatic rings. The van der Waals surface area contributed by atoms with E-state index in [1.165, 1.54) is 6.92 Å². The molecule has 0 unspecified atom stereocenters. The Hall–Kier alpha value is -1.61. The van der Waals surface area contributed by atoms with Crippen molar-refractivity contribution in [3.8, 4) is 0 Å². The van der Waals surface area contributed by atoms with Gasteiger partial charge >= 0.3 is 15.5 Å². The third kappa shape index (κ3) is 8.11. The van der Waals surface area contributed by atoms with Gasteiger partial charge in [0.2, 0.25) is 5.91 Å². The van der Waals surface area contributed by atoms with Gasteiger partial charge in [0.05, 0.1) is 0 Å². The molecule has 3 N–H and O–H groups in total. The summed E-state index contributed by atoms with van der Waals surface area (Å²) in [6.07, 6.45) is 0.663. The Labute approximate surface area is 197 Å². The topological polar surface area (TPSA) is 103 Å². The van der Waals surface area contributed by atoms with Crippen molar-refractivity contribution in [2.45, 2.75) is 31.8 Å². The molecule has 0 saturated carbocycles. The third-order valence-electron chi connectivity index (χ3n) is 4.70. The molecule has 8 nitrogen and oxygen atoms in total. The molecule has 1 saturated heterocycles. The predicted octanol–water partition coefficient (Wildman–Crippen LogP) is 2.49. The summed E-state index contributed by atoms with van der Waals surface area (Å²) in [6.45, 7) is 2.03. The second-order valence-electron chi connectivity index (χ2n) is 6.98. The molecular formula is C18H27F3IN5O3S. The standard InChI is InChI=1S/C18H26F3N5O3S.HI/c1-13(27)25-16-5-3-4-15(10-16)12-24-17(22-2)23-11-14-6-8-26(9-7-14)30(28,29)18(19,20)21;/h3-5,10,14H,6-9,11-12H2,1-2H3,(H,25,27)(H2,22,23,24);1H. The Balaban J connectivity index is 0.00000480. The fraction of sp³-hybridized carbons (Fsp3) is 0.556. The summed E-state index contributed by atoms with van der Waals surface area (Å²) >= 11 is 0. The molecule has 0 radical (unpaired) electrons. The van der Waals surface area contributed by atoms with Crippen LogP contribution in [-0.4, -0.2) is 56.8 Å². The molecule has 1 heterocycles. The summed E-state index contributed by atoms with van der Waals surface area (Å²) < 4.78 is 61.3. The molecule has 0 spiro atoms. The lowest BCUT2D eigenvalue weighted by Crippen LogP contribution is -2.47. The zero-order valence-corrected chi connectivity index (χ0v) is 20.3. The lowest BCUT2D eigenvalue weighted by atomic mass is 9.98. The maximum absolute atomic E-state index is 12.6. The summed E-state index contributed by atoms with van der Waals surface area (Å²) in [5, 5.41) is 8.96. The largest absolute Gasteiger partial charge is 0.511 e. The average molecular weight is 577 g/mol. The SMILES string of the molecule is CN=C(NCc1cccc(NC(C)=O)c1)NCC1CCN(S(=O)(=O)C(F)(F)F)CC1.I. The van der Waals surface area contributed by atoms with Crippen LogP contribution in [0.2, 0.25) is 0 Å². The first-order valence-corrected chi connectivity index (χ1v) is 10.8. The van der Waals surface area contributed by atoms with Gasteiger partial charge in [-0.05, 0) is 36.5 Å². The van der Waals surface area contributed by atoms with E-state index >= 15 is 0 Å². The second-order valence-corrected chi connectivity index (χ2v) is 8.91. The molecule has 0 bridgehead atoms. The highest BCUT2D eigenvalue weighted by Gasteiger charge is 2.50. The zero-order chi connectivity index (χ0) is 22.4. The van der Waals surface area contributed by atoms with Gasteiger partial charge in [0.15, 0.2) is 5.96 Å². The van der Waals surface area contributed by atoms with Crippen LogP contribution in [0.1, 0.15) is 25.3 Å². The fourth-order valence-corrected chi connectivity index (χ4v) is 4.09. The molecule has 1 amide bonds. The highest BCUT2D eigenvalue weighted by atomic mass is 127. The van der Waals surface area contributed by atoms with Crippen molar-refractivity contribution in [3.63, 3.8) is 0 Å². The number of nitrogens with zero attached hydrogens (tertiary/aromatic N) is 2. The summed E-state index contributed by atoms with van der Waals surface area (Å²) in [6, 6.07) is 7.32. The number of benzene rings is 1. The molecule has 31 heavy (non-hydrogen) atoms. The van der Waals surface area contributed by atoms with E-state index in [0.29, 0.717) is 41.9 Å². The van der Waals surface area contributed by atoms with E-state index in [1.807, 2.05) is 18.2 Å². The Bertz CT molecular complexity index is 872. The highest BCUT2D eigenvalue weighted by Crippen LogP contribution is 2.30. The lowest BCUT2D eigenvalue weighted by molar-refractivity contribution is -0.114. The van der Waals surface area contributed by atoms with E-state index in [-0.39, 0.29) is 48.9 Å². The molecule has 2 rings (SSSR count). The maximum Gasteiger partial charge on any atom is 0.511 e. The van der Waals surface area contributed by atoms with Gasteiger partial charge in [-0.2, -0.15) is 17.5 Å². The van der Waals surface area contributed by atoms with Crippen molar-refractivity contribution < 1.29 is 26.4 Å². The van der Waals surface area contributed by atoms with Crippen molar-refractivity contribution in [2.24, 2.45) is 10.9 Å². The molecule has 13 heteroatoms. The molecule has 1 aliphatic heterocycles. The van der Waals surface area contributed by atoms with Gasteiger partial charge in [-0.25, -0.2) is 8.42 Å². The van der Waals surface area contributed by atoms with Crippen LogP contribution in [0.3, 0.4) is 0 Å². The Morgan fingerprint density at radius 1 is 1.23 bits per heavy atom. The number of alkyl halides is 3. The van der Waals surface area contributed by atoms with E-state index in [0.717, 1.165) is 5.56 Å². The summed E-state index contributed by atoms with van der Waals surface area (Å²) in [4.78, 5) is 15.3. The number of guanidine groups is 1. The summed E-state index contributed by atoms with van der Waals surface area (Å²) in [5.74, 6) is 0.392. The number of carbonyl (C=O) groups is 1. The number of nitrogens with one attached hydrogen (secondary N) is 3. The van der Waals surface area contributed by atoms with Crippen LogP contribution in [0.5, 0.6) is 0 Å². The first kappa shape index (κ1) is 27.4. The number of amides is 1. The van der Waals surface area contributed by atoms with Crippen molar-refractivity contribution >= 4 is 51.6 Å². The molecule has 1 fully saturated rings. The molecule has 0 atom stereocenters. The van der Waals surface area contributed by atoms with Gasteiger partial charge in [-0.3, -0.25) is 9.79 Å². The molecule has 176 valence electrons. The van der Waals surface area contributed by atoms with Gasteiger partial charge in [-0.15, -0.1) is 24.0 Å². The minimum Gasteiger partial charge on any atom is -0.356 e. The number of anilines is 1. The summed E-state index contributed by atoms with van der Waals surface area (Å²) in [7, 11) is -3.66. The van der Waals surface area contributed by atoms with Crippen molar-refractivity contribution in [1.29, 1.82) is 0 Å². The van der Waals surface area contributed by atoms with Gasteiger partial charge < -0.3 is 16.0 Å². The van der Waals surface area contributed by atoms with Crippen molar-refractivity contribution in [2.75, 3.05) is 32.0 Å². The van der Waals surface area contributed by atoms with E-state index in [4.69, 9.17) is 0 Å². The van der Waals surface area contributed by atoms with Crippen molar-refractivity contribution in [3.05, 3.63) is 29.8 Å². The first-order valence-electron chi connectivity index (χ1n) is 9.40. The van der Waals surface area contributed by atoms with Crippen LogP contribution < -0.4 is 16.0 Å². The number of piperidine rings is 1. The van der Waals surface area contributed by atoms with Crippen LogP contribution in [0.4, 0.5) is 18.9 Å². The minimum atomic E-state index is -5.26. The van der Waals surface area contributed by atoms with Gasteiger partial charge in [0.1, 0.15) is 0 Å². The number of rotatable bonds is 6. The number of carbonyl (C=O) groups excluding carboxylic acids is 1. The molecule has 1 aromatic carbocycles. The maximum atomic E-state index is 12.6. The molecule has 1 aliphatic rings. The van der Waals surface area contributed by atoms with Gasteiger partial charge in [0.25, 0.3) is 0 Å². The minimum absolute atomic E-state index is 0. The Morgan fingerprint density at radius 3 is 2.42 bits per heavy atom. The normalized spacial score (nSPS) is 16.4. The molecular weight excluding hydrogens is 550 g/mol. The number of halogens is 4. The van der Waals surface area contributed by atoms with Crippen LogP contribution in [0.25, 0.3) is 0 Å². The highest BCUT2D eigenvalue weighted by molar-refractivity contribution is 14.0. The third-order valence-corrected chi connectivity index (χ3v) is 6.32. The van der Waals surface area contributed by atoms with Crippen LogP contribution in [0.15, 0.2) is 29.3 Å².